The van der Waals surface area contributed by atoms with E-state index in [1.54, 1.807) is 6.92 Å². The SMILES string of the molecule is COC(=O)c1cc(/C=C2\SC(=S)N(CCC(=O)O)C2=O)oc1C. The van der Waals surface area contributed by atoms with Gasteiger partial charge in [-0.1, -0.05) is 24.0 Å². The zero-order valence-corrected chi connectivity index (χ0v) is 14.0. The number of thiocarbonyl (C=S) groups is 1. The van der Waals surface area contributed by atoms with Gasteiger partial charge in [-0.2, -0.15) is 0 Å². The maximum Gasteiger partial charge on any atom is 0.341 e. The molecule has 122 valence electrons. The van der Waals surface area contributed by atoms with Gasteiger partial charge in [0.15, 0.2) is 0 Å². The highest BCUT2D eigenvalue weighted by Gasteiger charge is 2.32. The summed E-state index contributed by atoms with van der Waals surface area (Å²) in [7, 11) is 1.27. The molecule has 1 aliphatic rings. The van der Waals surface area contributed by atoms with Crippen LogP contribution in [0.15, 0.2) is 15.4 Å². The number of thioether (sulfide) groups is 1. The fourth-order valence-corrected chi connectivity index (χ4v) is 3.21. The minimum Gasteiger partial charge on any atom is -0.481 e. The standard InChI is InChI=1S/C14H13NO6S2/c1-7-9(13(19)20-2)5-8(21-7)6-10-12(18)15(14(22)23-10)4-3-11(16)17/h5-6H,3-4H2,1-2H3,(H,16,17)/b10-6-. The van der Waals surface area contributed by atoms with Crippen LogP contribution < -0.4 is 0 Å². The molecule has 2 rings (SSSR count). The summed E-state index contributed by atoms with van der Waals surface area (Å²) < 4.78 is 10.3. The van der Waals surface area contributed by atoms with Gasteiger partial charge in [-0.15, -0.1) is 0 Å². The van der Waals surface area contributed by atoms with Crippen molar-refractivity contribution in [1.29, 1.82) is 0 Å². The van der Waals surface area contributed by atoms with Crippen LogP contribution in [-0.2, 0) is 14.3 Å². The summed E-state index contributed by atoms with van der Waals surface area (Å²) in [5.41, 5.74) is 0.278. The summed E-state index contributed by atoms with van der Waals surface area (Å²) >= 11 is 6.14. The van der Waals surface area contributed by atoms with Gasteiger partial charge in [0.25, 0.3) is 5.91 Å². The molecule has 0 unspecified atom stereocenters. The van der Waals surface area contributed by atoms with E-state index in [1.807, 2.05) is 0 Å². The summed E-state index contributed by atoms with van der Waals surface area (Å²) in [6, 6.07) is 1.48. The molecule has 0 bridgehead atoms. The smallest absolute Gasteiger partial charge is 0.341 e. The van der Waals surface area contributed by atoms with E-state index in [1.165, 1.54) is 24.2 Å². The summed E-state index contributed by atoms with van der Waals surface area (Å²) in [6.45, 7) is 1.63. The zero-order valence-electron chi connectivity index (χ0n) is 12.3. The highest BCUT2D eigenvalue weighted by Crippen LogP contribution is 2.33. The number of carbonyl (C=O) groups excluding carboxylic acids is 2. The van der Waals surface area contributed by atoms with Crippen molar-refractivity contribution in [3.63, 3.8) is 0 Å². The minimum atomic E-state index is -1.01. The van der Waals surface area contributed by atoms with Crippen molar-refractivity contribution in [3.05, 3.63) is 28.1 Å². The lowest BCUT2D eigenvalue weighted by molar-refractivity contribution is -0.137. The molecule has 0 aromatic carbocycles. The number of aliphatic carboxylic acids is 1. The van der Waals surface area contributed by atoms with Gasteiger partial charge in [0.2, 0.25) is 0 Å². The zero-order chi connectivity index (χ0) is 17.1. The monoisotopic (exact) mass is 355 g/mol. The van der Waals surface area contributed by atoms with Crippen LogP contribution in [0.4, 0.5) is 0 Å². The van der Waals surface area contributed by atoms with Gasteiger partial charge < -0.3 is 14.3 Å². The molecular weight excluding hydrogens is 342 g/mol. The third-order valence-electron chi connectivity index (χ3n) is 3.04. The van der Waals surface area contributed by atoms with E-state index in [0.29, 0.717) is 20.7 Å². The van der Waals surface area contributed by atoms with Gasteiger partial charge in [-0.25, -0.2) is 4.79 Å². The van der Waals surface area contributed by atoms with Crippen molar-refractivity contribution in [1.82, 2.24) is 4.90 Å². The molecule has 0 saturated carbocycles. The van der Waals surface area contributed by atoms with E-state index in [0.717, 1.165) is 11.8 Å². The Balaban J connectivity index is 2.20. The highest BCUT2D eigenvalue weighted by atomic mass is 32.2. The summed E-state index contributed by atoms with van der Waals surface area (Å²) in [4.78, 5) is 35.9. The fraction of sp³-hybridized carbons (Fsp3) is 0.286. The Morgan fingerprint density at radius 2 is 2.22 bits per heavy atom. The normalized spacial score (nSPS) is 16.3. The van der Waals surface area contributed by atoms with Crippen molar-refractivity contribution < 1.29 is 28.6 Å². The number of hydrogen-bond donors (Lipinski definition) is 1. The molecule has 0 aliphatic carbocycles. The number of ether oxygens (including phenoxy) is 1. The lowest BCUT2D eigenvalue weighted by Gasteiger charge is -2.12. The lowest BCUT2D eigenvalue weighted by atomic mass is 10.2. The lowest BCUT2D eigenvalue weighted by Crippen LogP contribution is -2.30. The van der Waals surface area contributed by atoms with Crippen LogP contribution >= 0.6 is 24.0 Å². The van der Waals surface area contributed by atoms with Gasteiger partial charge in [0, 0.05) is 12.6 Å². The molecule has 1 aromatic heterocycles. The van der Waals surface area contributed by atoms with Gasteiger partial charge in [-0.3, -0.25) is 14.5 Å². The first kappa shape index (κ1) is 17.2. The number of esters is 1. The second-order valence-corrected chi connectivity index (χ2v) is 6.26. The van der Waals surface area contributed by atoms with Crippen LogP contribution in [0, 0.1) is 6.92 Å². The van der Waals surface area contributed by atoms with Gasteiger partial charge in [0.05, 0.1) is 18.4 Å². The Bertz CT molecular complexity index is 721. The van der Waals surface area contributed by atoms with E-state index >= 15 is 0 Å². The van der Waals surface area contributed by atoms with E-state index in [2.05, 4.69) is 4.74 Å². The van der Waals surface area contributed by atoms with E-state index < -0.39 is 11.9 Å². The average molecular weight is 355 g/mol. The maximum atomic E-state index is 12.2. The number of nitrogens with zero attached hydrogens (tertiary/aromatic N) is 1. The molecule has 0 atom stereocenters. The molecule has 1 amide bonds. The number of furan rings is 1. The molecule has 23 heavy (non-hydrogen) atoms. The highest BCUT2D eigenvalue weighted by molar-refractivity contribution is 8.26. The molecule has 2 heterocycles. The van der Waals surface area contributed by atoms with Crippen molar-refractivity contribution in [3.8, 4) is 0 Å². The molecule has 1 aromatic rings. The molecule has 1 aliphatic heterocycles. The molecule has 0 radical (unpaired) electrons. The number of amides is 1. The van der Waals surface area contributed by atoms with Gasteiger partial charge >= 0.3 is 11.9 Å². The molecule has 1 fully saturated rings. The van der Waals surface area contributed by atoms with E-state index in [4.69, 9.17) is 21.7 Å². The molecule has 7 nitrogen and oxygen atoms in total. The number of aryl methyl sites for hydroxylation is 1. The van der Waals surface area contributed by atoms with Crippen LogP contribution in [0.2, 0.25) is 0 Å². The number of methoxy groups -OCH3 is 1. The molecular formula is C14H13NO6S2. The third kappa shape index (κ3) is 3.80. The number of carboxylic acids is 1. The number of rotatable bonds is 5. The van der Waals surface area contributed by atoms with Crippen LogP contribution in [0.1, 0.15) is 28.3 Å². The average Bonchev–Trinajstić information content (AvgIpc) is 2.97. The summed E-state index contributed by atoms with van der Waals surface area (Å²) in [6.07, 6.45) is 1.28. The molecule has 1 N–H and O–H groups in total. The maximum absolute atomic E-state index is 12.2. The fourth-order valence-electron chi connectivity index (χ4n) is 1.92. The Labute approximate surface area is 141 Å². The second-order valence-electron chi connectivity index (χ2n) is 4.59. The summed E-state index contributed by atoms with van der Waals surface area (Å²) in [5, 5.41) is 8.69. The van der Waals surface area contributed by atoms with Gasteiger partial charge in [0.1, 0.15) is 21.4 Å². The first-order valence-electron chi connectivity index (χ1n) is 6.49. The quantitative estimate of drug-likeness (QED) is 0.487. The first-order chi connectivity index (χ1) is 10.8. The van der Waals surface area contributed by atoms with Crippen molar-refractivity contribution in [2.45, 2.75) is 13.3 Å². The molecule has 9 heteroatoms. The predicted molar refractivity (Wildman–Crippen MR) is 86.9 cm³/mol. The predicted octanol–water partition coefficient (Wildman–Crippen LogP) is 2.05. The Morgan fingerprint density at radius 1 is 1.52 bits per heavy atom. The van der Waals surface area contributed by atoms with E-state index in [9.17, 15) is 14.4 Å². The van der Waals surface area contributed by atoms with Crippen LogP contribution in [0.5, 0.6) is 0 Å². The topological polar surface area (TPSA) is 97.0 Å². The second kappa shape index (κ2) is 6.97. The van der Waals surface area contributed by atoms with Crippen LogP contribution in [0.25, 0.3) is 6.08 Å². The summed E-state index contributed by atoms with van der Waals surface area (Å²) in [5.74, 6) is -1.21. The third-order valence-corrected chi connectivity index (χ3v) is 4.42. The molecule has 0 spiro atoms. The Hall–Kier alpha value is -2.13. The molecule has 1 saturated heterocycles. The van der Waals surface area contributed by atoms with Crippen molar-refractivity contribution in [2.24, 2.45) is 0 Å². The van der Waals surface area contributed by atoms with Gasteiger partial charge in [-0.05, 0) is 13.0 Å². The van der Waals surface area contributed by atoms with Crippen molar-refractivity contribution in [2.75, 3.05) is 13.7 Å². The largest absolute Gasteiger partial charge is 0.481 e. The first-order valence-corrected chi connectivity index (χ1v) is 7.72. The number of carboxylic acid groups (broad SMARTS) is 1. The number of hydrogen-bond acceptors (Lipinski definition) is 7. The minimum absolute atomic E-state index is 0.0158. The van der Waals surface area contributed by atoms with E-state index in [-0.39, 0.29) is 24.4 Å². The van der Waals surface area contributed by atoms with Crippen LogP contribution in [0.3, 0.4) is 0 Å². The Morgan fingerprint density at radius 3 is 2.83 bits per heavy atom. The number of carbonyl (C=O) groups is 3. The van der Waals surface area contributed by atoms with Crippen molar-refractivity contribution >= 4 is 52.2 Å². The van der Waals surface area contributed by atoms with Crippen LogP contribution in [-0.4, -0.2) is 45.8 Å². The Kier molecular flexibility index (Phi) is 5.22.